The van der Waals surface area contributed by atoms with Gasteiger partial charge >= 0.3 is 5.97 Å². The molecule has 2 rings (SSSR count). The summed E-state index contributed by atoms with van der Waals surface area (Å²) in [7, 11) is 1.74. The Bertz CT molecular complexity index is 499. The average molecular weight is 366 g/mol. The van der Waals surface area contributed by atoms with Crippen molar-refractivity contribution < 1.29 is 24.5 Å². The molecule has 1 aliphatic carbocycles. The third kappa shape index (κ3) is 6.13. The first-order chi connectivity index (χ1) is 12.5. The molecule has 148 valence electrons. The second-order valence-electron chi connectivity index (χ2n) is 7.52. The van der Waals surface area contributed by atoms with Crippen LogP contribution in [0.3, 0.4) is 0 Å². The fraction of sp³-hybridized carbons (Fsp3) is 0.762. The summed E-state index contributed by atoms with van der Waals surface area (Å²) in [5.41, 5.74) is 0. The Labute approximate surface area is 157 Å². The minimum atomic E-state index is -0.752. The van der Waals surface area contributed by atoms with Gasteiger partial charge in [-0.15, -0.1) is 0 Å². The molecule has 1 heterocycles. The van der Waals surface area contributed by atoms with Crippen LogP contribution in [0, 0.1) is 11.8 Å². The van der Waals surface area contributed by atoms with Crippen LogP contribution in [0.2, 0.25) is 0 Å². The predicted octanol–water partition coefficient (Wildman–Crippen LogP) is 4.06. The molecular formula is C21H34O5. The lowest BCUT2D eigenvalue weighted by Crippen LogP contribution is -2.20. The van der Waals surface area contributed by atoms with Gasteiger partial charge in [-0.25, -0.2) is 0 Å². The highest BCUT2D eigenvalue weighted by molar-refractivity contribution is 5.66. The molecule has 0 amide bonds. The molecule has 1 saturated carbocycles. The Morgan fingerprint density at radius 1 is 1.38 bits per heavy atom. The van der Waals surface area contributed by atoms with Crippen LogP contribution in [-0.2, 0) is 14.3 Å². The second kappa shape index (κ2) is 10.7. The predicted molar refractivity (Wildman–Crippen MR) is 101 cm³/mol. The molecule has 0 spiro atoms. The van der Waals surface area contributed by atoms with Gasteiger partial charge in [0.15, 0.2) is 0 Å². The van der Waals surface area contributed by atoms with E-state index < -0.39 is 5.97 Å². The van der Waals surface area contributed by atoms with E-state index in [0.717, 1.165) is 50.7 Å². The number of carbonyl (C=O) groups is 1. The van der Waals surface area contributed by atoms with Crippen LogP contribution in [0.25, 0.3) is 0 Å². The maximum absolute atomic E-state index is 10.6. The molecule has 0 unspecified atom stereocenters. The summed E-state index contributed by atoms with van der Waals surface area (Å²) in [6, 6.07) is 0. The molecule has 1 aliphatic heterocycles. The number of hydrogen-bond acceptors (Lipinski definition) is 4. The first kappa shape index (κ1) is 21.0. The number of carboxylic acid groups (broad SMARTS) is 1. The molecule has 0 aromatic rings. The Hall–Kier alpha value is -1.33. The van der Waals surface area contributed by atoms with Crippen molar-refractivity contribution in [1.82, 2.24) is 0 Å². The van der Waals surface area contributed by atoms with Gasteiger partial charge in [0.1, 0.15) is 6.10 Å². The third-order valence-electron chi connectivity index (χ3n) is 5.53. The van der Waals surface area contributed by atoms with Gasteiger partial charge in [-0.3, -0.25) is 4.79 Å². The molecule has 0 aromatic carbocycles. The molecule has 2 N–H and O–H groups in total. The molecule has 2 aliphatic rings. The summed E-state index contributed by atoms with van der Waals surface area (Å²) < 4.78 is 11.7. The van der Waals surface area contributed by atoms with Crippen molar-refractivity contribution in [1.29, 1.82) is 0 Å². The number of aliphatic carboxylic acids is 1. The van der Waals surface area contributed by atoms with E-state index in [4.69, 9.17) is 14.6 Å². The zero-order valence-corrected chi connectivity index (χ0v) is 16.1. The lowest BCUT2D eigenvalue weighted by atomic mass is 9.90. The summed E-state index contributed by atoms with van der Waals surface area (Å²) >= 11 is 0. The van der Waals surface area contributed by atoms with Crippen LogP contribution in [0.4, 0.5) is 0 Å². The Morgan fingerprint density at radius 3 is 2.88 bits per heavy atom. The van der Waals surface area contributed by atoms with Crippen molar-refractivity contribution in [3.63, 3.8) is 0 Å². The van der Waals surface area contributed by atoms with Crippen LogP contribution in [0.15, 0.2) is 24.0 Å². The lowest BCUT2D eigenvalue weighted by Gasteiger charge is -2.19. The van der Waals surface area contributed by atoms with Crippen molar-refractivity contribution in [2.24, 2.45) is 11.8 Å². The number of fused-ring (bicyclic) bond motifs is 1. The highest BCUT2D eigenvalue weighted by Crippen LogP contribution is 2.46. The van der Waals surface area contributed by atoms with Gasteiger partial charge in [0.2, 0.25) is 0 Å². The third-order valence-corrected chi connectivity index (χ3v) is 5.53. The number of ether oxygens (including phenoxy) is 2. The largest absolute Gasteiger partial charge is 0.495 e. The van der Waals surface area contributed by atoms with Gasteiger partial charge in [0, 0.05) is 38.2 Å². The van der Waals surface area contributed by atoms with Crippen LogP contribution < -0.4 is 0 Å². The zero-order chi connectivity index (χ0) is 18.9. The smallest absolute Gasteiger partial charge is 0.303 e. The second-order valence-corrected chi connectivity index (χ2v) is 7.52. The maximum Gasteiger partial charge on any atom is 0.303 e. The fourth-order valence-corrected chi connectivity index (χ4v) is 4.09. The maximum atomic E-state index is 10.6. The van der Waals surface area contributed by atoms with Gasteiger partial charge in [-0.05, 0) is 25.3 Å². The number of carboxylic acids is 1. The Morgan fingerprint density at radius 2 is 2.19 bits per heavy atom. The minimum absolute atomic E-state index is 0.137. The topological polar surface area (TPSA) is 76.0 Å². The summed E-state index contributed by atoms with van der Waals surface area (Å²) in [6.45, 7) is 2.16. The molecule has 5 heteroatoms. The standard InChI is InChI=1S/C21H34O5/c1-3-4-5-8-15(22)11-12-17-18-13-16(9-6-7-10-21(23)24)26-20(18)14-19(17)25-2/h9,11-12,15,17-20,22H,3-8,10,13-14H2,1-2H3,(H,23,24)/b12-11+,16-9-/t15-,17+,18+,19+,20-/m0/s1. The highest BCUT2D eigenvalue weighted by atomic mass is 16.5. The zero-order valence-electron chi connectivity index (χ0n) is 16.1. The SMILES string of the molecule is CCCCC[C@H](O)/C=C/[C@@H]1[C@H]2C/C(=C/CCCC(=O)O)O[C@H]2C[C@H]1OC. The van der Waals surface area contributed by atoms with E-state index in [1.807, 2.05) is 12.2 Å². The van der Waals surface area contributed by atoms with E-state index in [-0.39, 0.29) is 30.7 Å². The average Bonchev–Trinajstić information content (AvgIpc) is 3.14. The van der Waals surface area contributed by atoms with E-state index in [2.05, 4.69) is 13.0 Å². The van der Waals surface area contributed by atoms with Gasteiger partial charge in [-0.2, -0.15) is 0 Å². The molecule has 0 radical (unpaired) electrons. The van der Waals surface area contributed by atoms with Crippen LogP contribution in [0.5, 0.6) is 0 Å². The van der Waals surface area contributed by atoms with Gasteiger partial charge < -0.3 is 19.7 Å². The Balaban J connectivity index is 1.88. The monoisotopic (exact) mass is 366 g/mol. The molecular weight excluding hydrogens is 332 g/mol. The minimum Gasteiger partial charge on any atom is -0.495 e. The number of unbranched alkanes of at least 4 members (excludes halogenated alkanes) is 3. The molecule has 0 bridgehead atoms. The summed E-state index contributed by atoms with van der Waals surface area (Å²) in [5, 5.41) is 18.9. The van der Waals surface area contributed by atoms with E-state index >= 15 is 0 Å². The summed E-state index contributed by atoms with van der Waals surface area (Å²) in [4.78, 5) is 10.6. The first-order valence-electron chi connectivity index (χ1n) is 10.0. The highest BCUT2D eigenvalue weighted by Gasteiger charge is 2.47. The van der Waals surface area contributed by atoms with Gasteiger partial charge in [-0.1, -0.05) is 38.3 Å². The van der Waals surface area contributed by atoms with E-state index in [9.17, 15) is 9.90 Å². The van der Waals surface area contributed by atoms with E-state index in [0.29, 0.717) is 12.3 Å². The van der Waals surface area contributed by atoms with Crippen LogP contribution in [0.1, 0.15) is 64.7 Å². The number of hydrogen-bond donors (Lipinski definition) is 2. The molecule has 5 atom stereocenters. The van der Waals surface area contributed by atoms with Crippen LogP contribution >= 0.6 is 0 Å². The number of methoxy groups -OCH3 is 1. The van der Waals surface area contributed by atoms with Crippen molar-refractivity contribution >= 4 is 5.97 Å². The van der Waals surface area contributed by atoms with Crippen molar-refractivity contribution in [2.45, 2.75) is 83.0 Å². The quantitative estimate of drug-likeness (QED) is 0.426. The van der Waals surface area contributed by atoms with Gasteiger partial charge in [0.05, 0.1) is 18.0 Å². The van der Waals surface area contributed by atoms with Crippen molar-refractivity contribution in [2.75, 3.05) is 7.11 Å². The number of rotatable bonds is 11. The molecule has 1 saturated heterocycles. The van der Waals surface area contributed by atoms with Gasteiger partial charge in [0.25, 0.3) is 0 Å². The van der Waals surface area contributed by atoms with Crippen LogP contribution in [-0.4, -0.2) is 41.6 Å². The first-order valence-corrected chi connectivity index (χ1v) is 10.0. The summed E-state index contributed by atoms with van der Waals surface area (Å²) in [5.74, 6) is 0.876. The van der Waals surface area contributed by atoms with E-state index in [1.54, 1.807) is 7.11 Å². The summed E-state index contributed by atoms with van der Waals surface area (Å²) in [6.07, 6.45) is 13.5. The normalized spacial score (nSPS) is 30.7. The lowest BCUT2D eigenvalue weighted by molar-refractivity contribution is -0.137. The van der Waals surface area contributed by atoms with E-state index in [1.165, 1.54) is 0 Å². The molecule has 26 heavy (non-hydrogen) atoms. The molecule has 5 nitrogen and oxygen atoms in total. The van der Waals surface area contributed by atoms with Crippen molar-refractivity contribution in [3.05, 3.63) is 24.0 Å². The fourth-order valence-electron chi connectivity index (χ4n) is 4.09. The Kier molecular flexibility index (Phi) is 8.66. The molecule has 2 fully saturated rings. The number of aliphatic hydroxyl groups is 1. The van der Waals surface area contributed by atoms with Crippen molar-refractivity contribution in [3.8, 4) is 0 Å². The number of allylic oxidation sites excluding steroid dienone is 2. The molecule has 0 aromatic heterocycles. The number of aliphatic hydroxyl groups excluding tert-OH is 1.